The molecule has 0 saturated carbocycles. The highest BCUT2D eigenvalue weighted by molar-refractivity contribution is 5.73. The molecular weight excluding hydrogens is 268 g/mol. The lowest BCUT2D eigenvalue weighted by molar-refractivity contribution is -0.130. The van der Waals surface area contributed by atoms with Gasteiger partial charge in [0.25, 0.3) is 0 Å². The second-order valence-electron chi connectivity index (χ2n) is 5.64. The number of rotatable bonds is 2. The minimum absolute atomic E-state index is 0.152. The lowest BCUT2D eigenvalue weighted by atomic mass is 10.0. The molecule has 1 saturated heterocycles. The molecule has 3 rings (SSSR count). The minimum atomic E-state index is 0.152. The highest BCUT2D eigenvalue weighted by atomic mass is 16.5. The van der Waals surface area contributed by atoms with E-state index in [1.807, 2.05) is 11.2 Å². The Morgan fingerprint density at radius 3 is 2.76 bits per heavy atom. The Hall–Kier alpha value is -2.01. The van der Waals surface area contributed by atoms with Crippen molar-refractivity contribution in [2.24, 2.45) is 0 Å². The third kappa shape index (κ3) is 3.19. The van der Waals surface area contributed by atoms with Crippen molar-refractivity contribution in [3.05, 3.63) is 35.6 Å². The van der Waals surface area contributed by atoms with E-state index in [1.165, 1.54) is 5.57 Å². The lowest BCUT2D eigenvalue weighted by Crippen LogP contribution is -2.48. The number of hydrogen-bond acceptors (Lipinski definition) is 4. The van der Waals surface area contributed by atoms with E-state index in [2.05, 4.69) is 4.90 Å². The first-order chi connectivity index (χ1) is 10.1. The van der Waals surface area contributed by atoms with Gasteiger partial charge in [0, 0.05) is 51.6 Å². The number of phenolic OH excluding ortho intramolecular Hbond substituents is 1. The van der Waals surface area contributed by atoms with E-state index < -0.39 is 0 Å². The van der Waals surface area contributed by atoms with Gasteiger partial charge in [0.2, 0.25) is 5.91 Å². The second-order valence-corrected chi connectivity index (χ2v) is 5.64. The van der Waals surface area contributed by atoms with Crippen molar-refractivity contribution < 1.29 is 14.6 Å². The minimum Gasteiger partial charge on any atom is -0.508 e. The largest absolute Gasteiger partial charge is 0.508 e. The standard InChI is InChI=1S/C16H20N2O3/c1-12(19)18-6-4-17(5-7-18)10-13-8-14-9-15(20)2-3-16(14)21-11-13/h2-3,9,11,20H,4-8,10H2,1H3. The Morgan fingerprint density at radius 1 is 1.29 bits per heavy atom. The molecule has 5 heteroatoms. The highest BCUT2D eigenvalue weighted by Gasteiger charge is 2.21. The Kier molecular flexibility index (Phi) is 3.84. The number of benzene rings is 1. The molecule has 21 heavy (non-hydrogen) atoms. The van der Waals surface area contributed by atoms with Gasteiger partial charge in [-0.05, 0) is 23.8 Å². The van der Waals surface area contributed by atoms with E-state index in [0.29, 0.717) is 0 Å². The van der Waals surface area contributed by atoms with Crippen molar-refractivity contribution in [3.8, 4) is 11.5 Å². The second kappa shape index (κ2) is 5.77. The van der Waals surface area contributed by atoms with Crippen LogP contribution >= 0.6 is 0 Å². The third-order valence-electron chi connectivity index (χ3n) is 4.06. The molecule has 112 valence electrons. The van der Waals surface area contributed by atoms with Gasteiger partial charge in [0.15, 0.2) is 0 Å². The van der Waals surface area contributed by atoms with Crippen LogP contribution in [0.15, 0.2) is 30.0 Å². The number of phenols is 1. The number of aromatic hydroxyl groups is 1. The quantitative estimate of drug-likeness (QED) is 0.893. The van der Waals surface area contributed by atoms with Crippen LogP contribution in [0.3, 0.4) is 0 Å². The predicted octanol–water partition coefficient (Wildman–Crippen LogP) is 1.38. The van der Waals surface area contributed by atoms with E-state index in [4.69, 9.17) is 4.74 Å². The molecule has 2 aliphatic rings. The molecule has 5 nitrogen and oxygen atoms in total. The van der Waals surface area contributed by atoms with Crippen LogP contribution in [-0.2, 0) is 11.2 Å². The molecule has 0 radical (unpaired) electrons. The van der Waals surface area contributed by atoms with Gasteiger partial charge in [0.05, 0.1) is 6.26 Å². The monoisotopic (exact) mass is 288 g/mol. The molecule has 0 aromatic heterocycles. The Bertz CT molecular complexity index is 575. The normalized spacial score (nSPS) is 18.7. The summed E-state index contributed by atoms with van der Waals surface area (Å²) in [7, 11) is 0. The molecule has 0 aliphatic carbocycles. The topological polar surface area (TPSA) is 53.0 Å². The fourth-order valence-electron chi connectivity index (χ4n) is 2.85. The van der Waals surface area contributed by atoms with Crippen LogP contribution in [0.4, 0.5) is 0 Å². The molecule has 1 aromatic carbocycles. The average molecular weight is 288 g/mol. The van der Waals surface area contributed by atoms with Crippen molar-refractivity contribution in [2.45, 2.75) is 13.3 Å². The van der Waals surface area contributed by atoms with Gasteiger partial charge in [-0.25, -0.2) is 0 Å². The van der Waals surface area contributed by atoms with Gasteiger partial charge in [-0.15, -0.1) is 0 Å². The van der Waals surface area contributed by atoms with Crippen molar-refractivity contribution in [1.82, 2.24) is 9.80 Å². The number of amides is 1. The van der Waals surface area contributed by atoms with Gasteiger partial charge in [0.1, 0.15) is 11.5 Å². The van der Waals surface area contributed by atoms with Crippen LogP contribution in [0.2, 0.25) is 0 Å². The zero-order chi connectivity index (χ0) is 14.8. The molecule has 1 aromatic rings. The molecule has 1 fully saturated rings. The maximum absolute atomic E-state index is 11.3. The van der Waals surface area contributed by atoms with E-state index in [9.17, 15) is 9.90 Å². The summed E-state index contributed by atoms with van der Waals surface area (Å²) in [5.41, 5.74) is 2.22. The lowest BCUT2D eigenvalue weighted by Gasteiger charge is -2.35. The molecule has 0 unspecified atom stereocenters. The molecule has 0 spiro atoms. The van der Waals surface area contributed by atoms with Crippen LogP contribution in [0.1, 0.15) is 12.5 Å². The van der Waals surface area contributed by atoms with Gasteiger partial charge < -0.3 is 14.7 Å². The van der Waals surface area contributed by atoms with E-state index in [0.717, 1.165) is 50.5 Å². The maximum atomic E-state index is 11.3. The number of hydrogen-bond donors (Lipinski definition) is 1. The number of carbonyl (C=O) groups excluding carboxylic acids is 1. The molecule has 0 bridgehead atoms. The maximum Gasteiger partial charge on any atom is 0.219 e. The van der Waals surface area contributed by atoms with Crippen LogP contribution in [0.25, 0.3) is 0 Å². The molecular formula is C16H20N2O3. The predicted molar refractivity (Wildman–Crippen MR) is 79.2 cm³/mol. The Labute approximate surface area is 124 Å². The van der Waals surface area contributed by atoms with Crippen LogP contribution in [0.5, 0.6) is 11.5 Å². The zero-order valence-electron chi connectivity index (χ0n) is 12.2. The molecule has 2 aliphatic heterocycles. The fourth-order valence-corrected chi connectivity index (χ4v) is 2.85. The summed E-state index contributed by atoms with van der Waals surface area (Å²) in [6.07, 6.45) is 2.62. The zero-order valence-corrected chi connectivity index (χ0v) is 12.2. The van der Waals surface area contributed by atoms with Crippen molar-refractivity contribution in [1.29, 1.82) is 0 Å². The van der Waals surface area contributed by atoms with Crippen LogP contribution in [-0.4, -0.2) is 53.5 Å². The van der Waals surface area contributed by atoms with Crippen molar-refractivity contribution in [2.75, 3.05) is 32.7 Å². The first-order valence-corrected chi connectivity index (χ1v) is 7.26. The highest BCUT2D eigenvalue weighted by Crippen LogP contribution is 2.29. The summed E-state index contributed by atoms with van der Waals surface area (Å²) >= 11 is 0. The van der Waals surface area contributed by atoms with Gasteiger partial charge in [-0.1, -0.05) is 0 Å². The smallest absolute Gasteiger partial charge is 0.219 e. The number of fused-ring (bicyclic) bond motifs is 1. The number of piperazine rings is 1. The summed E-state index contributed by atoms with van der Waals surface area (Å²) in [6, 6.07) is 5.19. The number of carbonyl (C=O) groups is 1. The van der Waals surface area contributed by atoms with E-state index >= 15 is 0 Å². The first-order valence-electron chi connectivity index (χ1n) is 7.26. The number of nitrogens with zero attached hydrogens (tertiary/aromatic N) is 2. The molecule has 0 atom stereocenters. The summed E-state index contributed by atoms with van der Waals surface area (Å²) in [5.74, 6) is 1.24. The molecule has 1 N–H and O–H groups in total. The van der Waals surface area contributed by atoms with Crippen LogP contribution in [0, 0.1) is 0 Å². The SMILES string of the molecule is CC(=O)N1CCN(CC2=COc3ccc(O)cc3C2)CC1. The van der Waals surface area contributed by atoms with Gasteiger partial charge in [-0.3, -0.25) is 9.69 Å². The number of ether oxygens (including phenoxy) is 1. The molecule has 2 heterocycles. The van der Waals surface area contributed by atoms with Gasteiger partial charge in [-0.2, -0.15) is 0 Å². The van der Waals surface area contributed by atoms with Crippen molar-refractivity contribution >= 4 is 5.91 Å². The summed E-state index contributed by atoms with van der Waals surface area (Å²) in [5, 5.41) is 9.55. The Morgan fingerprint density at radius 2 is 2.05 bits per heavy atom. The summed E-state index contributed by atoms with van der Waals surface area (Å²) in [6.45, 7) is 5.84. The van der Waals surface area contributed by atoms with Crippen molar-refractivity contribution in [3.63, 3.8) is 0 Å². The van der Waals surface area contributed by atoms with Crippen LogP contribution < -0.4 is 4.74 Å². The fraction of sp³-hybridized carbons (Fsp3) is 0.438. The van der Waals surface area contributed by atoms with E-state index in [-0.39, 0.29) is 11.7 Å². The van der Waals surface area contributed by atoms with E-state index in [1.54, 1.807) is 25.1 Å². The third-order valence-corrected chi connectivity index (χ3v) is 4.06. The Balaban J connectivity index is 1.58. The molecule has 1 amide bonds. The summed E-state index contributed by atoms with van der Waals surface area (Å²) < 4.78 is 5.63. The summed E-state index contributed by atoms with van der Waals surface area (Å²) in [4.78, 5) is 15.5. The van der Waals surface area contributed by atoms with Gasteiger partial charge >= 0.3 is 0 Å². The first kappa shape index (κ1) is 13.9. The average Bonchev–Trinajstić information content (AvgIpc) is 2.47.